The second kappa shape index (κ2) is 8.11. The zero-order chi connectivity index (χ0) is 17.5. The highest BCUT2D eigenvalue weighted by Crippen LogP contribution is 2.25. The first-order valence-corrected chi connectivity index (χ1v) is 7.48. The predicted molar refractivity (Wildman–Crippen MR) is 93.3 cm³/mol. The standard InChI is InChI=1S/C16H22N6O2/c1-11(17)21-22(18)14-8-9-15(23-3)13(10-14)6-4-5-7-16-20-19-12(2)24-16/h4,6,8-10H,5,7,18H2,1-3H3,(H2,17,21)/b6-4+. The molecule has 128 valence electrons. The van der Waals surface area contributed by atoms with Crippen molar-refractivity contribution in [2.45, 2.75) is 26.7 Å². The summed E-state index contributed by atoms with van der Waals surface area (Å²) in [7, 11) is 1.62. The molecule has 0 amide bonds. The number of hydrazine groups is 1. The van der Waals surface area contributed by atoms with Gasteiger partial charge in [0, 0.05) is 18.9 Å². The number of nitrogens with zero attached hydrogens (tertiary/aromatic N) is 4. The maximum absolute atomic E-state index is 5.86. The summed E-state index contributed by atoms with van der Waals surface area (Å²) in [4.78, 5) is 0. The van der Waals surface area contributed by atoms with Gasteiger partial charge in [-0.25, -0.2) is 5.84 Å². The van der Waals surface area contributed by atoms with Crippen LogP contribution >= 0.6 is 0 Å². The molecule has 8 nitrogen and oxygen atoms in total. The molecular weight excluding hydrogens is 308 g/mol. The van der Waals surface area contributed by atoms with Gasteiger partial charge in [0.2, 0.25) is 11.8 Å². The number of amidine groups is 1. The molecule has 0 aliphatic carbocycles. The fraction of sp³-hybridized carbons (Fsp3) is 0.312. The molecule has 1 aromatic heterocycles. The number of rotatable bonds is 7. The van der Waals surface area contributed by atoms with Gasteiger partial charge in [-0.3, -0.25) is 0 Å². The van der Waals surface area contributed by atoms with Crippen LogP contribution in [-0.4, -0.2) is 23.1 Å². The van der Waals surface area contributed by atoms with Crippen molar-refractivity contribution >= 4 is 17.6 Å². The summed E-state index contributed by atoms with van der Waals surface area (Å²) in [6.07, 6.45) is 5.42. The van der Waals surface area contributed by atoms with E-state index in [2.05, 4.69) is 15.3 Å². The van der Waals surface area contributed by atoms with E-state index in [9.17, 15) is 0 Å². The molecule has 4 N–H and O–H groups in total. The van der Waals surface area contributed by atoms with Crippen LogP contribution in [0.3, 0.4) is 0 Å². The molecule has 2 aromatic rings. The third-order valence-corrected chi connectivity index (χ3v) is 3.13. The lowest BCUT2D eigenvalue weighted by Crippen LogP contribution is -2.27. The van der Waals surface area contributed by atoms with Gasteiger partial charge >= 0.3 is 0 Å². The van der Waals surface area contributed by atoms with Gasteiger partial charge in [0.1, 0.15) is 11.6 Å². The van der Waals surface area contributed by atoms with Gasteiger partial charge < -0.3 is 14.9 Å². The number of hydrogen-bond donors (Lipinski definition) is 2. The van der Waals surface area contributed by atoms with Crippen LogP contribution in [0.25, 0.3) is 6.08 Å². The van der Waals surface area contributed by atoms with Crippen molar-refractivity contribution < 1.29 is 9.15 Å². The van der Waals surface area contributed by atoms with Crippen molar-refractivity contribution in [3.63, 3.8) is 0 Å². The van der Waals surface area contributed by atoms with Crippen LogP contribution in [0.5, 0.6) is 5.75 Å². The van der Waals surface area contributed by atoms with Crippen LogP contribution in [-0.2, 0) is 6.42 Å². The Morgan fingerprint density at radius 2 is 2.21 bits per heavy atom. The molecule has 0 aliphatic rings. The van der Waals surface area contributed by atoms with Crippen LogP contribution in [0.1, 0.15) is 30.7 Å². The lowest BCUT2D eigenvalue weighted by Gasteiger charge is -2.15. The fourth-order valence-corrected chi connectivity index (χ4v) is 2.08. The quantitative estimate of drug-likeness (QED) is 0.345. The van der Waals surface area contributed by atoms with E-state index in [1.807, 2.05) is 30.4 Å². The predicted octanol–water partition coefficient (Wildman–Crippen LogP) is 2.00. The molecular formula is C16H22N6O2. The molecule has 1 aromatic carbocycles. The van der Waals surface area contributed by atoms with Crippen LogP contribution in [0.2, 0.25) is 0 Å². The number of aryl methyl sites for hydroxylation is 2. The Morgan fingerprint density at radius 1 is 1.42 bits per heavy atom. The van der Waals surface area contributed by atoms with Crippen molar-refractivity contribution in [3.05, 3.63) is 41.6 Å². The number of hydrogen-bond acceptors (Lipinski definition) is 7. The maximum atomic E-state index is 5.86. The summed E-state index contributed by atoms with van der Waals surface area (Å²) in [5, 5.41) is 13.0. The highest BCUT2D eigenvalue weighted by atomic mass is 16.5. The maximum Gasteiger partial charge on any atom is 0.216 e. The molecule has 0 unspecified atom stereocenters. The number of aromatic nitrogens is 2. The number of methoxy groups -OCH3 is 1. The van der Waals surface area contributed by atoms with Crippen molar-refractivity contribution in [2.24, 2.45) is 16.7 Å². The third kappa shape index (κ3) is 4.82. The van der Waals surface area contributed by atoms with Crippen molar-refractivity contribution in [1.82, 2.24) is 10.2 Å². The summed E-state index contributed by atoms with van der Waals surface area (Å²) in [6, 6.07) is 5.51. The lowest BCUT2D eigenvalue weighted by atomic mass is 10.1. The smallest absolute Gasteiger partial charge is 0.216 e. The first-order valence-electron chi connectivity index (χ1n) is 7.48. The normalized spacial score (nSPS) is 11.9. The van der Waals surface area contributed by atoms with Gasteiger partial charge in [0.05, 0.1) is 12.8 Å². The number of benzene rings is 1. The van der Waals surface area contributed by atoms with Gasteiger partial charge in [-0.15, -0.1) is 15.3 Å². The van der Waals surface area contributed by atoms with Gasteiger partial charge in [-0.1, -0.05) is 12.2 Å². The van der Waals surface area contributed by atoms with E-state index in [0.717, 1.165) is 17.7 Å². The molecule has 0 radical (unpaired) electrons. The lowest BCUT2D eigenvalue weighted by molar-refractivity contribution is 0.414. The Balaban J connectivity index is 2.09. The van der Waals surface area contributed by atoms with Crippen LogP contribution in [0, 0.1) is 6.92 Å². The molecule has 1 heterocycles. The van der Waals surface area contributed by atoms with Crippen LogP contribution in [0.4, 0.5) is 5.69 Å². The third-order valence-electron chi connectivity index (χ3n) is 3.13. The number of ether oxygens (including phenoxy) is 1. The number of nitrogens with two attached hydrogens (primary N) is 2. The summed E-state index contributed by atoms with van der Waals surface area (Å²) < 4.78 is 10.7. The molecule has 0 saturated carbocycles. The van der Waals surface area contributed by atoms with Crippen molar-refractivity contribution in [1.29, 1.82) is 0 Å². The summed E-state index contributed by atoms with van der Waals surface area (Å²) in [6.45, 7) is 3.44. The van der Waals surface area contributed by atoms with Crippen LogP contribution < -0.4 is 21.4 Å². The zero-order valence-corrected chi connectivity index (χ0v) is 14.1. The minimum Gasteiger partial charge on any atom is -0.496 e. The Labute approximate surface area is 140 Å². The monoisotopic (exact) mass is 330 g/mol. The van der Waals surface area contributed by atoms with Crippen LogP contribution in [0.15, 0.2) is 33.8 Å². The Hall–Kier alpha value is -2.87. The summed E-state index contributed by atoms with van der Waals surface area (Å²) in [5.41, 5.74) is 7.14. The molecule has 0 aliphatic heterocycles. The first-order chi connectivity index (χ1) is 11.5. The second-order valence-electron chi connectivity index (χ2n) is 5.17. The van der Waals surface area contributed by atoms with Crippen molar-refractivity contribution in [3.8, 4) is 5.75 Å². The largest absolute Gasteiger partial charge is 0.496 e. The van der Waals surface area contributed by atoms with E-state index < -0.39 is 0 Å². The summed E-state index contributed by atoms with van der Waals surface area (Å²) in [5.74, 6) is 8.17. The van der Waals surface area contributed by atoms with E-state index in [-0.39, 0.29) is 0 Å². The molecule has 0 spiro atoms. The molecule has 8 heteroatoms. The van der Waals surface area contributed by atoms with E-state index >= 15 is 0 Å². The van der Waals surface area contributed by atoms with E-state index in [1.165, 1.54) is 5.12 Å². The number of allylic oxidation sites excluding steroid dienone is 1. The minimum atomic E-state index is 0.375. The fourth-order valence-electron chi connectivity index (χ4n) is 2.08. The molecule has 0 fully saturated rings. The Morgan fingerprint density at radius 3 is 2.83 bits per heavy atom. The van der Waals surface area contributed by atoms with E-state index in [4.69, 9.17) is 20.7 Å². The second-order valence-corrected chi connectivity index (χ2v) is 5.17. The van der Waals surface area contributed by atoms with Gasteiger partial charge in [0.15, 0.2) is 0 Å². The molecule has 0 atom stereocenters. The molecule has 24 heavy (non-hydrogen) atoms. The number of anilines is 1. The average Bonchev–Trinajstić information content (AvgIpc) is 2.96. The number of hydrazone groups is 1. The van der Waals surface area contributed by atoms with Gasteiger partial charge in [-0.2, -0.15) is 5.12 Å². The van der Waals surface area contributed by atoms with Gasteiger partial charge in [-0.05, 0) is 31.5 Å². The highest BCUT2D eigenvalue weighted by Gasteiger charge is 2.06. The van der Waals surface area contributed by atoms with E-state index in [1.54, 1.807) is 21.0 Å². The Kier molecular flexibility index (Phi) is 5.91. The average molecular weight is 330 g/mol. The molecule has 0 saturated heterocycles. The zero-order valence-electron chi connectivity index (χ0n) is 14.1. The summed E-state index contributed by atoms with van der Waals surface area (Å²) >= 11 is 0. The van der Waals surface area contributed by atoms with E-state index in [0.29, 0.717) is 29.7 Å². The topological polar surface area (TPSA) is 116 Å². The highest BCUT2D eigenvalue weighted by molar-refractivity contribution is 5.78. The molecule has 0 bridgehead atoms. The Bertz CT molecular complexity index is 734. The SMILES string of the molecule is COc1ccc(N(N)/N=C(/C)N)cc1/C=C/CCc1nnc(C)o1. The molecule has 2 rings (SSSR count). The van der Waals surface area contributed by atoms with Gasteiger partial charge in [0.25, 0.3) is 0 Å². The van der Waals surface area contributed by atoms with Crippen molar-refractivity contribution in [2.75, 3.05) is 12.2 Å². The first kappa shape index (κ1) is 17.5. The minimum absolute atomic E-state index is 0.375.